The van der Waals surface area contributed by atoms with Gasteiger partial charge in [-0.1, -0.05) is 18.2 Å². The summed E-state index contributed by atoms with van der Waals surface area (Å²) < 4.78 is 11.1. The van der Waals surface area contributed by atoms with E-state index in [9.17, 15) is 0 Å². The van der Waals surface area contributed by atoms with E-state index in [-0.39, 0.29) is 0 Å². The summed E-state index contributed by atoms with van der Waals surface area (Å²) in [6.45, 7) is 6.63. The minimum atomic E-state index is 0.486. The van der Waals surface area contributed by atoms with Gasteiger partial charge in [-0.2, -0.15) is 0 Å². The Morgan fingerprint density at radius 3 is 2.79 bits per heavy atom. The molecule has 0 amide bonds. The molecule has 2 aromatic rings. The molecule has 1 atom stereocenters. The molecule has 2 heterocycles. The van der Waals surface area contributed by atoms with Gasteiger partial charge in [0.1, 0.15) is 5.75 Å². The SMILES string of the molecule is COc1ccc(CN2CCOCC(Cc3cccc(C)n3)C2)cc1. The van der Waals surface area contributed by atoms with E-state index in [2.05, 4.69) is 34.1 Å². The molecule has 1 saturated heterocycles. The first-order valence-corrected chi connectivity index (χ1v) is 8.58. The summed E-state index contributed by atoms with van der Waals surface area (Å²) in [5, 5.41) is 0. The monoisotopic (exact) mass is 326 g/mol. The lowest BCUT2D eigenvalue weighted by Crippen LogP contribution is -2.30. The fourth-order valence-electron chi connectivity index (χ4n) is 3.22. The molecule has 1 aromatic heterocycles. The largest absolute Gasteiger partial charge is 0.497 e. The topological polar surface area (TPSA) is 34.6 Å². The average Bonchev–Trinajstić information content (AvgIpc) is 2.80. The standard InChI is InChI=1S/C20H26N2O2/c1-16-4-3-5-19(21-16)12-18-14-22(10-11-24-15-18)13-17-6-8-20(23-2)9-7-17/h3-9,18H,10-15H2,1-2H3. The number of aryl methyl sites for hydroxylation is 1. The molecule has 1 aliphatic heterocycles. The van der Waals surface area contributed by atoms with Crippen LogP contribution in [0.5, 0.6) is 5.75 Å². The zero-order chi connectivity index (χ0) is 16.8. The summed E-state index contributed by atoms with van der Waals surface area (Å²) >= 11 is 0. The van der Waals surface area contributed by atoms with E-state index in [0.29, 0.717) is 5.92 Å². The number of nitrogens with zero attached hydrogens (tertiary/aromatic N) is 2. The van der Waals surface area contributed by atoms with E-state index in [1.165, 1.54) is 5.56 Å². The van der Waals surface area contributed by atoms with Gasteiger partial charge >= 0.3 is 0 Å². The number of ether oxygens (including phenoxy) is 2. The molecule has 128 valence electrons. The molecular weight excluding hydrogens is 300 g/mol. The molecule has 3 rings (SSSR count). The fraction of sp³-hybridized carbons (Fsp3) is 0.450. The highest BCUT2D eigenvalue weighted by molar-refractivity contribution is 5.27. The second-order valence-electron chi connectivity index (χ2n) is 6.50. The van der Waals surface area contributed by atoms with Crippen molar-refractivity contribution in [3.63, 3.8) is 0 Å². The molecule has 1 fully saturated rings. The predicted octanol–water partition coefficient (Wildman–Crippen LogP) is 3.09. The van der Waals surface area contributed by atoms with Gasteiger partial charge in [-0.3, -0.25) is 9.88 Å². The number of aromatic nitrogens is 1. The lowest BCUT2D eigenvalue weighted by molar-refractivity contribution is 0.121. The second-order valence-corrected chi connectivity index (χ2v) is 6.50. The van der Waals surface area contributed by atoms with Crippen LogP contribution in [-0.2, 0) is 17.7 Å². The molecule has 4 heteroatoms. The van der Waals surface area contributed by atoms with Crippen molar-refractivity contribution in [3.8, 4) is 5.75 Å². The summed E-state index contributed by atoms with van der Waals surface area (Å²) in [6, 6.07) is 14.6. The number of benzene rings is 1. The van der Waals surface area contributed by atoms with Crippen LogP contribution in [0.25, 0.3) is 0 Å². The Bertz CT molecular complexity index is 642. The van der Waals surface area contributed by atoms with Gasteiger partial charge in [0.25, 0.3) is 0 Å². The van der Waals surface area contributed by atoms with E-state index in [1.807, 2.05) is 25.1 Å². The Hall–Kier alpha value is -1.91. The number of hydrogen-bond acceptors (Lipinski definition) is 4. The van der Waals surface area contributed by atoms with Gasteiger partial charge in [-0.15, -0.1) is 0 Å². The first-order valence-electron chi connectivity index (χ1n) is 8.58. The second kappa shape index (κ2) is 8.27. The van der Waals surface area contributed by atoms with E-state index in [0.717, 1.165) is 56.4 Å². The van der Waals surface area contributed by atoms with Gasteiger partial charge in [0.05, 0.1) is 20.3 Å². The Labute approximate surface area is 144 Å². The maximum Gasteiger partial charge on any atom is 0.118 e. The Morgan fingerprint density at radius 1 is 1.21 bits per heavy atom. The van der Waals surface area contributed by atoms with Crippen LogP contribution < -0.4 is 4.74 Å². The van der Waals surface area contributed by atoms with Gasteiger partial charge < -0.3 is 9.47 Å². The molecule has 0 bridgehead atoms. The summed E-state index contributed by atoms with van der Waals surface area (Å²) in [5.41, 5.74) is 3.55. The molecule has 24 heavy (non-hydrogen) atoms. The Balaban J connectivity index is 1.61. The van der Waals surface area contributed by atoms with Crippen molar-refractivity contribution in [3.05, 3.63) is 59.4 Å². The van der Waals surface area contributed by atoms with Crippen LogP contribution in [-0.4, -0.2) is 43.3 Å². The first-order chi connectivity index (χ1) is 11.7. The van der Waals surface area contributed by atoms with Crippen LogP contribution in [0.4, 0.5) is 0 Å². The normalized spacial score (nSPS) is 19.0. The van der Waals surface area contributed by atoms with Crippen molar-refractivity contribution >= 4 is 0 Å². The highest BCUT2D eigenvalue weighted by Crippen LogP contribution is 2.17. The van der Waals surface area contributed by atoms with Crippen LogP contribution in [0.3, 0.4) is 0 Å². The zero-order valence-corrected chi connectivity index (χ0v) is 14.6. The van der Waals surface area contributed by atoms with Crippen molar-refractivity contribution in [1.82, 2.24) is 9.88 Å². The van der Waals surface area contributed by atoms with Gasteiger partial charge in [0.2, 0.25) is 0 Å². The van der Waals surface area contributed by atoms with E-state index in [1.54, 1.807) is 7.11 Å². The third-order valence-corrected chi connectivity index (χ3v) is 4.43. The van der Waals surface area contributed by atoms with E-state index in [4.69, 9.17) is 9.47 Å². The Kier molecular flexibility index (Phi) is 5.83. The maximum atomic E-state index is 5.82. The van der Waals surface area contributed by atoms with Gasteiger partial charge in [0.15, 0.2) is 0 Å². The highest BCUT2D eigenvalue weighted by atomic mass is 16.5. The molecule has 0 spiro atoms. The zero-order valence-electron chi connectivity index (χ0n) is 14.6. The average molecular weight is 326 g/mol. The number of hydrogen-bond donors (Lipinski definition) is 0. The van der Waals surface area contributed by atoms with Crippen molar-refractivity contribution in [2.24, 2.45) is 5.92 Å². The maximum absolute atomic E-state index is 5.82. The van der Waals surface area contributed by atoms with Crippen molar-refractivity contribution < 1.29 is 9.47 Å². The van der Waals surface area contributed by atoms with Crippen LogP contribution in [0.2, 0.25) is 0 Å². The number of rotatable bonds is 5. The third kappa shape index (κ3) is 4.79. The number of pyridine rings is 1. The summed E-state index contributed by atoms with van der Waals surface area (Å²) in [5.74, 6) is 1.39. The summed E-state index contributed by atoms with van der Waals surface area (Å²) in [4.78, 5) is 7.12. The minimum Gasteiger partial charge on any atom is -0.497 e. The van der Waals surface area contributed by atoms with Crippen LogP contribution in [0.1, 0.15) is 17.0 Å². The molecule has 1 aromatic carbocycles. The molecule has 0 saturated carbocycles. The van der Waals surface area contributed by atoms with Gasteiger partial charge in [-0.05, 0) is 43.2 Å². The molecular formula is C20H26N2O2. The van der Waals surface area contributed by atoms with Crippen LogP contribution in [0.15, 0.2) is 42.5 Å². The number of methoxy groups -OCH3 is 1. The van der Waals surface area contributed by atoms with Crippen molar-refractivity contribution in [2.45, 2.75) is 19.9 Å². The van der Waals surface area contributed by atoms with Crippen LogP contribution in [0, 0.1) is 12.8 Å². The van der Waals surface area contributed by atoms with E-state index >= 15 is 0 Å². The summed E-state index contributed by atoms with van der Waals surface area (Å²) in [6.07, 6.45) is 0.973. The molecule has 1 unspecified atom stereocenters. The summed E-state index contributed by atoms with van der Waals surface area (Å²) in [7, 11) is 1.70. The minimum absolute atomic E-state index is 0.486. The first kappa shape index (κ1) is 16.9. The fourth-order valence-corrected chi connectivity index (χ4v) is 3.22. The molecule has 4 nitrogen and oxygen atoms in total. The van der Waals surface area contributed by atoms with Gasteiger partial charge in [-0.25, -0.2) is 0 Å². The molecule has 0 radical (unpaired) electrons. The smallest absolute Gasteiger partial charge is 0.118 e. The van der Waals surface area contributed by atoms with Gasteiger partial charge in [0, 0.05) is 36.9 Å². The Morgan fingerprint density at radius 2 is 2.04 bits per heavy atom. The third-order valence-electron chi connectivity index (χ3n) is 4.43. The molecule has 1 aliphatic rings. The highest BCUT2D eigenvalue weighted by Gasteiger charge is 2.19. The van der Waals surface area contributed by atoms with Crippen LogP contribution >= 0.6 is 0 Å². The molecule has 0 N–H and O–H groups in total. The van der Waals surface area contributed by atoms with Crippen molar-refractivity contribution in [2.75, 3.05) is 33.4 Å². The van der Waals surface area contributed by atoms with Crippen molar-refractivity contribution in [1.29, 1.82) is 0 Å². The van der Waals surface area contributed by atoms with E-state index < -0.39 is 0 Å². The lowest BCUT2D eigenvalue weighted by atomic mass is 10.0. The molecule has 0 aliphatic carbocycles. The quantitative estimate of drug-likeness (QED) is 0.846. The predicted molar refractivity (Wildman–Crippen MR) is 95.3 cm³/mol. The lowest BCUT2D eigenvalue weighted by Gasteiger charge is -2.23.